The third-order valence-electron chi connectivity index (χ3n) is 19.2. The molecule has 4 saturated carbocycles. The van der Waals surface area contributed by atoms with Gasteiger partial charge in [-0.1, -0.05) is 72.6 Å². The van der Waals surface area contributed by atoms with Gasteiger partial charge in [0.05, 0.1) is 28.8 Å². The van der Waals surface area contributed by atoms with Gasteiger partial charge < -0.3 is 29.2 Å². The number of Topliss-reactive ketones (excluding diaryl/α,β-unsaturated/α-hetero) is 2. The van der Waals surface area contributed by atoms with Crippen molar-refractivity contribution < 1.29 is 29.3 Å². The number of aromatic nitrogens is 2. The van der Waals surface area contributed by atoms with Crippen molar-refractivity contribution in [2.75, 3.05) is 13.2 Å². The molecule has 10 rings (SSSR count). The van der Waals surface area contributed by atoms with Crippen molar-refractivity contribution in [1.29, 1.82) is 0 Å². The number of carbonyl (C=O) groups is 2. The Balaban J connectivity index is 1.06. The maximum atomic E-state index is 14.8. The van der Waals surface area contributed by atoms with Crippen molar-refractivity contribution in [3.8, 4) is 0 Å². The topological polar surface area (TPSA) is 117 Å². The number of nitrogens with zero attached hydrogens (tertiary/aromatic N) is 1. The second kappa shape index (κ2) is 15.0. The Morgan fingerprint density at radius 1 is 0.919 bits per heavy atom. The number of aromatic amines is 1. The minimum Gasteiger partial charge on any atom is -0.392 e. The maximum absolute atomic E-state index is 14.8. The SMILES string of the molecule is C[C@H](C[C@@H](O)[C@H]1OC1(C)C)C1=C2[C@@H](Cn3cc(Cc4cc(C5CCCC5)cc(C5CCOCC5)c4)c4[nH]ccc43)[C@@H](O)[C@@H]3[C@]4(C)CCC(=O)C(C)(C)[C@@H]4CC[C@]3(C)[C@@]2(C)CC1=O. The fourth-order valence-corrected chi connectivity index (χ4v) is 15.8. The number of aliphatic hydroxyl groups excluding tert-OH is 2. The van der Waals surface area contributed by atoms with Gasteiger partial charge in [-0.05, 0) is 145 Å². The van der Waals surface area contributed by atoms with Crippen LogP contribution in [0.3, 0.4) is 0 Å². The zero-order valence-electron chi connectivity index (χ0n) is 38.9. The van der Waals surface area contributed by atoms with Gasteiger partial charge >= 0.3 is 0 Å². The van der Waals surface area contributed by atoms with E-state index in [1.165, 1.54) is 47.9 Å². The molecular weight excluding hydrogens is 773 g/mol. The van der Waals surface area contributed by atoms with E-state index in [2.05, 4.69) is 81.6 Å². The molecule has 3 N–H and O–H groups in total. The van der Waals surface area contributed by atoms with E-state index in [0.717, 1.165) is 73.9 Å². The molecule has 10 atom stereocenters. The van der Waals surface area contributed by atoms with Gasteiger partial charge in [0.15, 0.2) is 5.78 Å². The number of rotatable bonds is 10. The smallest absolute Gasteiger partial charge is 0.160 e. The first-order valence-corrected chi connectivity index (χ1v) is 24.6. The number of H-pyrrole nitrogens is 1. The van der Waals surface area contributed by atoms with E-state index in [1.54, 1.807) is 0 Å². The van der Waals surface area contributed by atoms with Gasteiger partial charge in [-0.2, -0.15) is 0 Å². The summed E-state index contributed by atoms with van der Waals surface area (Å²) in [6.45, 7) is 19.8. The summed E-state index contributed by atoms with van der Waals surface area (Å²) in [6.07, 6.45) is 14.8. The molecule has 0 bridgehead atoms. The summed E-state index contributed by atoms with van der Waals surface area (Å²) in [5.41, 5.74) is 7.89. The standard InChI is InChI=1S/C54H74N2O6/c1-31(23-40(57)49-51(4,5)62-49)44-41(58)28-54(8)45(44)38(47(60)48-52(6)18-14-43(59)50(2,3)42(52)13-19-53(48,54)7)30-56-29-37(46-39(56)15-20-55-46)26-32-24-35(33-11-9-10-12-33)27-36(25-32)34-16-21-61-22-17-34/h15,20,24-25,27,29,31,33-34,38,40,42,47-49,55,57,60H,9-14,16-19,21-23,26,28,30H2,1-8H3/t31-,38-,40-,42+,47-,48-,49-,52-,53+,54+/m1/s1. The summed E-state index contributed by atoms with van der Waals surface area (Å²) in [6, 6.07) is 9.66. The van der Waals surface area contributed by atoms with E-state index in [0.29, 0.717) is 43.4 Å². The number of nitrogens with one attached hydrogen (secondary N) is 1. The van der Waals surface area contributed by atoms with Crippen molar-refractivity contribution in [2.45, 2.75) is 181 Å². The van der Waals surface area contributed by atoms with Crippen LogP contribution < -0.4 is 0 Å². The van der Waals surface area contributed by atoms with E-state index >= 15 is 0 Å². The lowest BCUT2D eigenvalue weighted by Crippen LogP contribution is -2.67. The Hall–Kier alpha value is -3.04. The Kier molecular flexibility index (Phi) is 10.4. The highest BCUT2D eigenvalue weighted by Crippen LogP contribution is 2.75. The quantitative estimate of drug-likeness (QED) is 0.175. The molecule has 6 fully saturated rings. The van der Waals surface area contributed by atoms with Crippen LogP contribution in [0.1, 0.15) is 167 Å². The van der Waals surface area contributed by atoms with Gasteiger partial charge in [-0.25, -0.2) is 0 Å². The van der Waals surface area contributed by atoms with Crippen molar-refractivity contribution in [2.24, 2.45) is 45.3 Å². The van der Waals surface area contributed by atoms with Crippen LogP contribution >= 0.6 is 0 Å². The van der Waals surface area contributed by atoms with E-state index in [9.17, 15) is 19.8 Å². The van der Waals surface area contributed by atoms with Crippen molar-refractivity contribution in [3.05, 3.63) is 70.1 Å². The second-order valence-corrected chi connectivity index (χ2v) is 23.4. The lowest BCUT2D eigenvalue weighted by molar-refractivity contribution is -0.220. The van der Waals surface area contributed by atoms with Crippen molar-refractivity contribution in [3.63, 3.8) is 0 Å². The van der Waals surface area contributed by atoms with E-state index in [4.69, 9.17) is 9.47 Å². The molecular formula is C54H74N2O6. The first kappa shape index (κ1) is 42.9. The summed E-state index contributed by atoms with van der Waals surface area (Å²) >= 11 is 0. The molecule has 4 heterocycles. The van der Waals surface area contributed by atoms with Crippen LogP contribution in [0.15, 0.2) is 47.8 Å². The number of allylic oxidation sites excluding steroid dienone is 1. The first-order chi connectivity index (χ1) is 29.4. The number of epoxide rings is 1. The summed E-state index contributed by atoms with van der Waals surface area (Å²) in [4.78, 5) is 32.1. The van der Waals surface area contributed by atoms with E-state index < -0.39 is 23.0 Å². The molecule has 3 aromatic rings. The number of ketones is 2. The monoisotopic (exact) mass is 847 g/mol. The maximum Gasteiger partial charge on any atom is 0.160 e. The molecule has 0 amide bonds. The number of benzene rings is 1. The van der Waals surface area contributed by atoms with Gasteiger partial charge in [-0.3, -0.25) is 9.59 Å². The lowest BCUT2D eigenvalue weighted by atomic mass is 9.34. The zero-order valence-corrected chi connectivity index (χ0v) is 38.9. The van der Waals surface area contributed by atoms with Crippen LogP contribution in [0.4, 0.5) is 0 Å². The molecule has 0 unspecified atom stereocenters. The summed E-state index contributed by atoms with van der Waals surface area (Å²) in [5, 5.41) is 24.9. The van der Waals surface area contributed by atoms with Crippen LogP contribution in [0.2, 0.25) is 0 Å². The molecule has 2 aromatic heterocycles. The molecule has 0 radical (unpaired) electrons. The van der Waals surface area contributed by atoms with Gasteiger partial charge in [0.2, 0.25) is 0 Å². The number of hydrogen-bond donors (Lipinski definition) is 3. The fraction of sp³-hybridized carbons (Fsp3) is 0.704. The number of aliphatic hydroxyl groups is 2. The van der Waals surface area contributed by atoms with Crippen LogP contribution in [0.5, 0.6) is 0 Å². The summed E-state index contributed by atoms with van der Waals surface area (Å²) < 4.78 is 14.1. The number of hydrogen-bond acceptors (Lipinski definition) is 6. The minimum absolute atomic E-state index is 0.0905. The largest absolute Gasteiger partial charge is 0.392 e. The molecule has 7 aliphatic rings. The van der Waals surface area contributed by atoms with Crippen molar-refractivity contribution >= 4 is 22.6 Å². The predicted molar refractivity (Wildman–Crippen MR) is 243 cm³/mol. The normalized spacial score (nSPS) is 36.8. The zero-order chi connectivity index (χ0) is 43.7. The van der Waals surface area contributed by atoms with Crippen molar-refractivity contribution in [1.82, 2.24) is 9.55 Å². The van der Waals surface area contributed by atoms with Crippen LogP contribution in [-0.2, 0) is 32.0 Å². The minimum atomic E-state index is -0.714. The highest BCUT2D eigenvalue weighted by molar-refractivity contribution is 6.01. The summed E-state index contributed by atoms with van der Waals surface area (Å²) in [5.74, 6) is 1.25. The highest BCUT2D eigenvalue weighted by atomic mass is 16.6. The average Bonchev–Trinajstić information content (AvgIpc) is 3.80. The third kappa shape index (κ3) is 6.55. The molecule has 0 spiro atoms. The number of carbonyl (C=O) groups excluding carboxylic acids is 2. The number of ether oxygens (including phenoxy) is 2. The van der Waals surface area contributed by atoms with E-state index in [-0.39, 0.29) is 52.0 Å². The van der Waals surface area contributed by atoms with Gasteiger partial charge in [0.25, 0.3) is 0 Å². The Bertz CT molecular complexity index is 2280. The van der Waals surface area contributed by atoms with Gasteiger partial charge in [0.1, 0.15) is 11.9 Å². The molecule has 8 heteroatoms. The number of fused-ring (bicyclic) bond motifs is 6. The Labute approximate surface area is 370 Å². The van der Waals surface area contributed by atoms with Crippen LogP contribution in [0.25, 0.3) is 11.0 Å². The Morgan fingerprint density at radius 3 is 2.27 bits per heavy atom. The fourth-order valence-electron chi connectivity index (χ4n) is 15.8. The van der Waals surface area contributed by atoms with Crippen LogP contribution in [0, 0.1) is 45.3 Å². The van der Waals surface area contributed by atoms with E-state index in [1.807, 2.05) is 20.0 Å². The van der Waals surface area contributed by atoms with Gasteiger partial charge in [0, 0.05) is 68.2 Å². The predicted octanol–water partition coefficient (Wildman–Crippen LogP) is 10.4. The molecule has 62 heavy (non-hydrogen) atoms. The van der Waals surface area contributed by atoms with Gasteiger partial charge in [-0.15, -0.1) is 0 Å². The summed E-state index contributed by atoms with van der Waals surface area (Å²) in [7, 11) is 0. The second-order valence-electron chi connectivity index (χ2n) is 23.4. The average molecular weight is 847 g/mol. The first-order valence-electron chi connectivity index (χ1n) is 24.6. The van der Waals surface area contributed by atoms with Crippen LogP contribution in [-0.4, -0.2) is 68.5 Å². The molecule has 1 aromatic carbocycles. The molecule has 336 valence electrons. The third-order valence-corrected chi connectivity index (χ3v) is 19.2. The molecule has 5 aliphatic carbocycles. The molecule has 8 nitrogen and oxygen atoms in total. The molecule has 2 saturated heterocycles. The highest BCUT2D eigenvalue weighted by Gasteiger charge is 2.72. The Morgan fingerprint density at radius 2 is 1.60 bits per heavy atom. The molecule has 2 aliphatic heterocycles. The lowest BCUT2D eigenvalue weighted by Gasteiger charge is -2.70.